The number of aromatic hydroxyl groups is 1. The van der Waals surface area contributed by atoms with Crippen molar-refractivity contribution in [3.05, 3.63) is 29.3 Å². The SMILES string of the molecule is C[C@H]1[C@H]2Cc3ccc(O)cc3[C@@]1(CCNS(C)(=O)=O)CN2C. The Kier molecular flexibility index (Phi) is 3.74. The monoisotopic (exact) mass is 324 g/mol. The third-order valence-electron chi connectivity index (χ3n) is 5.54. The van der Waals surface area contributed by atoms with Gasteiger partial charge in [-0.25, -0.2) is 13.1 Å². The lowest BCUT2D eigenvalue weighted by Gasteiger charge is -2.40. The van der Waals surface area contributed by atoms with Crippen molar-refractivity contribution in [3.8, 4) is 5.75 Å². The van der Waals surface area contributed by atoms with Crippen molar-refractivity contribution < 1.29 is 13.5 Å². The molecule has 2 N–H and O–H groups in total. The molecule has 1 heterocycles. The number of likely N-dealkylation sites (tertiary alicyclic amines) is 1. The molecule has 3 atom stereocenters. The summed E-state index contributed by atoms with van der Waals surface area (Å²) in [5.41, 5.74) is 2.38. The van der Waals surface area contributed by atoms with Crippen LogP contribution in [0.15, 0.2) is 18.2 Å². The minimum Gasteiger partial charge on any atom is -0.508 e. The predicted octanol–water partition coefficient (Wildman–Crippen LogP) is 1.08. The summed E-state index contributed by atoms with van der Waals surface area (Å²) < 4.78 is 25.3. The van der Waals surface area contributed by atoms with Crippen LogP contribution in [0.25, 0.3) is 0 Å². The summed E-state index contributed by atoms with van der Waals surface area (Å²) in [7, 11) is -1.04. The van der Waals surface area contributed by atoms with Crippen LogP contribution in [0.1, 0.15) is 24.5 Å². The predicted molar refractivity (Wildman–Crippen MR) is 86.5 cm³/mol. The molecule has 0 spiro atoms. The van der Waals surface area contributed by atoms with Crippen LogP contribution in [0.5, 0.6) is 5.75 Å². The van der Waals surface area contributed by atoms with Gasteiger partial charge in [-0.2, -0.15) is 0 Å². The van der Waals surface area contributed by atoms with Gasteiger partial charge in [-0.3, -0.25) is 0 Å². The third-order valence-corrected chi connectivity index (χ3v) is 6.27. The topological polar surface area (TPSA) is 69.6 Å². The maximum absolute atomic E-state index is 11.4. The minimum atomic E-state index is -3.18. The van der Waals surface area contributed by atoms with E-state index in [0.717, 1.165) is 19.4 Å². The second-order valence-electron chi connectivity index (χ2n) is 6.89. The molecule has 1 aliphatic heterocycles. The van der Waals surface area contributed by atoms with E-state index in [9.17, 15) is 13.5 Å². The summed E-state index contributed by atoms with van der Waals surface area (Å²) in [6.45, 7) is 3.58. The number of hydrogen-bond acceptors (Lipinski definition) is 4. The lowest BCUT2D eigenvalue weighted by Crippen LogP contribution is -2.42. The van der Waals surface area contributed by atoms with E-state index in [1.807, 2.05) is 12.1 Å². The highest BCUT2D eigenvalue weighted by Gasteiger charge is 2.53. The van der Waals surface area contributed by atoms with Gasteiger partial charge in [-0.1, -0.05) is 13.0 Å². The van der Waals surface area contributed by atoms with Crippen LogP contribution in [0, 0.1) is 5.92 Å². The molecule has 2 bridgehead atoms. The van der Waals surface area contributed by atoms with E-state index in [1.165, 1.54) is 17.4 Å². The maximum Gasteiger partial charge on any atom is 0.208 e. The van der Waals surface area contributed by atoms with Crippen LogP contribution in [0.2, 0.25) is 0 Å². The van der Waals surface area contributed by atoms with Crippen LogP contribution in [0.4, 0.5) is 0 Å². The molecule has 1 aromatic rings. The van der Waals surface area contributed by atoms with Gasteiger partial charge in [0.2, 0.25) is 10.0 Å². The fourth-order valence-electron chi connectivity index (χ4n) is 4.45. The van der Waals surface area contributed by atoms with Gasteiger partial charge >= 0.3 is 0 Å². The number of phenolic OH excluding ortho intramolecular Hbond substituents is 1. The molecule has 0 saturated carbocycles. The third kappa shape index (κ3) is 2.53. The van der Waals surface area contributed by atoms with Crippen molar-refractivity contribution in [1.82, 2.24) is 9.62 Å². The first-order chi connectivity index (χ1) is 10.2. The standard InChI is InChI=1S/C16H24N2O3S/c1-11-15-8-12-4-5-13(19)9-14(12)16(11,10-18(15)2)6-7-17-22(3,20)21/h4-5,9,11,15,17,19H,6-8,10H2,1-3H3/t11-,15+,16-/m0/s1. The smallest absolute Gasteiger partial charge is 0.208 e. The van der Waals surface area contributed by atoms with Gasteiger partial charge < -0.3 is 10.0 Å². The molecule has 0 unspecified atom stereocenters. The average molecular weight is 324 g/mol. The summed E-state index contributed by atoms with van der Waals surface area (Å²) >= 11 is 0. The van der Waals surface area contributed by atoms with Gasteiger partial charge in [-0.05, 0) is 49.1 Å². The summed E-state index contributed by atoms with van der Waals surface area (Å²) in [5, 5.41) is 9.91. The van der Waals surface area contributed by atoms with Gasteiger partial charge in [0.05, 0.1) is 6.26 Å². The van der Waals surface area contributed by atoms with E-state index in [2.05, 4.69) is 23.6 Å². The molecule has 0 amide bonds. The van der Waals surface area contributed by atoms with E-state index < -0.39 is 10.0 Å². The number of benzene rings is 1. The molecule has 2 aliphatic rings. The first-order valence-corrected chi connectivity index (χ1v) is 9.59. The minimum absolute atomic E-state index is 0.0938. The molecule has 122 valence electrons. The molecular formula is C16H24N2O3S. The molecule has 3 rings (SSSR count). The Morgan fingerprint density at radius 2 is 2.18 bits per heavy atom. The van der Waals surface area contributed by atoms with E-state index in [-0.39, 0.29) is 11.2 Å². The first-order valence-electron chi connectivity index (χ1n) is 7.70. The Hall–Kier alpha value is -1.11. The van der Waals surface area contributed by atoms with Crippen molar-refractivity contribution in [2.24, 2.45) is 5.92 Å². The Bertz CT molecular complexity index is 689. The van der Waals surface area contributed by atoms with E-state index in [4.69, 9.17) is 0 Å². The summed E-state index contributed by atoms with van der Waals surface area (Å²) in [5.74, 6) is 0.725. The largest absolute Gasteiger partial charge is 0.508 e. The molecule has 6 heteroatoms. The molecule has 1 aromatic carbocycles. The lowest BCUT2D eigenvalue weighted by atomic mass is 9.63. The lowest BCUT2D eigenvalue weighted by molar-refractivity contribution is 0.260. The highest BCUT2D eigenvalue weighted by Crippen LogP contribution is 2.51. The van der Waals surface area contributed by atoms with Gasteiger partial charge in [0.1, 0.15) is 5.75 Å². The van der Waals surface area contributed by atoms with Crippen LogP contribution in [0.3, 0.4) is 0 Å². The van der Waals surface area contributed by atoms with Crippen molar-refractivity contribution in [2.45, 2.75) is 31.2 Å². The van der Waals surface area contributed by atoms with E-state index in [0.29, 0.717) is 18.5 Å². The summed E-state index contributed by atoms with van der Waals surface area (Å²) in [4.78, 5) is 2.38. The number of phenols is 1. The van der Waals surface area contributed by atoms with Crippen molar-refractivity contribution in [1.29, 1.82) is 0 Å². The molecule has 22 heavy (non-hydrogen) atoms. The van der Waals surface area contributed by atoms with Gasteiger partial charge in [0.15, 0.2) is 0 Å². The van der Waals surface area contributed by atoms with E-state index in [1.54, 1.807) is 6.07 Å². The number of nitrogens with one attached hydrogen (secondary N) is 1. The Morgan fingerprint density at radius 1 is 1.45 bits per heavy atom. The number of fused-ring (bicyclic) bond motifs is 4. The second kappa shape index (κ2) is 5.22. The van der Waals surface area contributed by atoms with E-state index >= 15 is 0 Å². The van der Waals surface area contributed by atoms with Gasteiger partial charge in [0, 0.05) is 24.5 Å². The molecular weight excluding hydrogens is 300 g/mol. The van der Waals surface area contributed by atoms with Crippen molar-refractivity contribution in [2.75, 3.05) is 26.4 Å². The summed E-state index contributed by atoms with van der Waals surface area (Å²) in [6, 6.07) is 6.12. The van der Waals surface area contributed by atoms with Crippen LogP contribution in [-0.4, -0.2) is 50.9 Å². The first kappa shape index (κ1) is 15.8. The molecule has 1 fully saturated rings. The molecule has 1 saturated heterocycles. The highest BCUT2D eigenvalue weighted by atomic mass is 32.2. The van der Waals surface area contributed by atoms with Crippen molar-refractivity contribution in [3.63, 3.8) is 0 Å². The van der Waals surface area contributed by atoms with Crippen LogP contribution in [-0.2, 0) is 21.9 Å². The quantitative estimate of drug-likeness (QED) is 0.869. The molecule has 5 nitrogen and oxygen atoms in total. The number of sulfonamides is 1. The molecule has 1 aliphatic carbocycles. The number of nitrogens with zero attached hydrogens (tertiary/aromatic N) is 1. The fourth-order valence-corrected chi connectivity index (χ4v) is 4.92. The number of hydrogen-bond donors (Lipinski definition) is 2. The van der Waals surface area contributed by atoms with Crippen LogP contribution < -0.4 is 4.72 Å². The summed E-state index contributed by atoms with van der Waals surface area (Å²) in [6.07, 6.45) is 2.94. The average Bonchev–Trinajstić information content (AvgIpc) is 2.57. The van der Waals surface area contributed by atoms with Gasteiger partial charge in [0.25, 0.3) is 0 Å². The molecule has 0 aromatic heterocycles. The number of likely N-dealkylation sites (N-methyl/N-ethyl adjacent to an activating group) is 1. The zero-order chi connectivity index (χ0) is 16.1. The zero-order valence-electron chi connectivity index (χ0n) is 13.3. The number of rotatable bonds is 4. The van der Waals surface area contributed by atoms with Gasteiger partial charge in [-0.15, -0.1) is 0 Å². The zero-order valence-corrected chi connectivity index (χ0v) is 14.2. The Morgan fingerprint density at radius 3 is 2.86 bits per heavy atom. The second-order valence-corrected chi connectivity index (χ2v) is 8.72. The van der Waals surface area contributed by atoms with Crippen LogP contribution >= 0.6 is 0 Å². The normalized spacial score (nSPS) is 31.2. The molecule has 0 radical (unpaired) electrons. The highest BCUT2D eigenvalue weighted by molar-refractivity contribution is 7.88. The Balaban J connectivity index is 1.97. The fraction of sp³-hybridized carbons (Fsp3) is 0.625. The maximum atomic E-state index is 11.4. The van der Waals surface area contributed by atoms with Crippen molar-refractivity contribution >= 4 is 10.0 Å². The Labute approximate surface area is 132 Å².